The number of benzene rings is 1. The molecule has 0 aliphatic rings. The lowest BCUT2D eigenvalue weighted by molar-refractivity contribution is 0.153. The zero-order chi connectivity index (χ0) is 12.9. The minimum absolute atomic E-state index is 0.196. The highest BCUT2D eigenvalue weighted by Gasteiger charge is 2.14. The van der Waals surface area contributed by atoms with Crippen molar-refractivity contribution in [2.45, 2.75) is 18.8 Å². The summed E-state index contributed by atoms with van der Waals surface area (Å²) in [5.41, 5.74) is 1.02. The minimum atomic E-state index is -3.77. The zero-order valence-corrected chi connectivity index (χ0v) is 9.75. The minimum Gasteiger partial charge on any atom is -0.392 e. The van der Waals surface area contributed by atoms with E-state index in [0.29, 0.717) is 11.1 Å². The third-order valence-electron chi connectivity index (χ3n) is 1.99. The zero-order valence-electron chi connectivity index (χ0n) is 8.94. The second-order valence-electron chi connectivity index (χ2n) is 3.48. The van der Waals surface area contributed by atoms with Crippen LogP contribution in [0, 0.1) is 0 Å². The maximum atomic E-state index is 11.9. The third-order valence-corrected chi connectivity index (χ3v) is 3.31. The number of rotatable bonds is 6. The Labute approximate surface area is 98.3 Å². The van der Waals surface area contributed by atoms with Gasteiger partial charge in [0.25, 0.3) is 6.43 Å². The SMILES string of the molecule is O=S(=O)(Cc1cccc(CO)c1)NCC(F)F. The third kappa shape index (κ3) is 5.20. The van der Waals surface area contributed by atoms with Gasteiger partial charge in [-0.1, -0.05) is 24.3 Å². The number of aliphatic hydroxyl groups excluding tert-OH is 1. The summed E-state index contributed by atoms with van der Waals surface area (Å²) in [4.78, 5) is 0. The van der Waals surface area contributed by atoms with Crippen molar-refractivity contribution in [3.63, 3.8) is 0 Å². The van der Waals surface area contributed by atoms with Gasteiger partial charge in [-0.25, -0.2) is 21.9 Å². The molecule has 0 aliphatic carbocycles. The van der Waals surface area contributed by atoms with Gasteiger partial charge in [0.05, 0.1) is 18.9 Å². The Morgan fingerprint density at radius 3 is 2.53 bits per heavy atom. The first-order valence-corrected chi connectivity index (χ1v) is 6.52. The summed E-state index contributed by atoms with van der Waals surface area (Å²) in [5.74, 6) is -0.381. The standard InChI is InChI=1S/C10H13F2NO3S/c11-10(12)5-13-17(15,16)7-9-3-1-2-8(4-9)6-14/h1-4,10,13-14H,5-7H2. The molecule has 1 rings (SSSR count). The average Bonchev–Trinajstić information content (AvgIpc) is 2.26. The quantitative estimate of drug-likeness (QED) is 0.802. The van der Waals surface area contributed by atoms with E-state index in [4.69, 9.17) is 5.11 Å². The van der Waals surface area contributed by atoms with E-state index in [1.807, 2.05) is 0 Å². The van der Waals surface area contributed by atoms with Crippen LogP contribution in [0.2, 0.25) is 0 Å². The molecule has 0 saturated heterocycles. The molecule has 0 heterocycles. The molecule has 0 aliphatic heterocycles. The first-order valence-electron chi connectivity index (χ1n) is 4.87. The molecule has 0 aromatic heterocycles. The topological polar surface area (TPSA) is 66.4 Å². The summed E-state index contributed by atoms with van der Waals surface area (Å²) in [6.45, 7) is -1.08. The molecule has 0 spiro atoms. The van der Waals surface area contributed by atoms with Crippen molar-refractivity contribution in [1.82, 2.24) is 4.72 Å². The number of alkyl halides is 2. The molecule has 0 bridgehead atoms. The lowest BCUT2D eigenvalue weighted by Crippen LogP contribution is -2.29. The summed E-state index contributed by atoms with van der Waals surface area (Å²) in [6.07, 6.45) is -2.71. The number of halogens is 2. The van der Waals surface area contributed by atoms with Gasteiger partial charge in [0.15, 0.2) is 0 Å². The Morgan fingerprint density at radius 1 is 1.29 bits per heavy atom. The summed E-state index contributed by atoms with van der Waals surface area (Å²) in [5, 5.41) is 8.87. The van der Waals surface area contributed by atoms with Gasteiger partial charge in [0, 0.05) is 0 Å². The lowest BCUT2D eigenvalue weighted by Gasteiger charge is -2.07. The summed E-state index contributed by atoms with van der Waals surface area (Å²) >= 11 is 0. The summed E-state index contributed by atoms with van der Waals surface area (Å²) < 4.78 is 48.3. The van der Waals surface area contributed by atoms with Crippen LogP contribution in [0.3, 0.4) is 0 Å². The van der Waals surface area contributed by atoms with E-state index >= 15 is 0 Å². The maximum absolute atomic E-state index is 11.9. The van der Waals surface area contributed by atoms with Crippen molar-refractivity contribution in [2.24, 2.45) is 0 Å². The first kappa shape index (κ1) is 14.0. The Kier molecular flexibility index (Phi) is 4.98. The van der Waals surface area contributed by atoms with Crippen LogP contribution in [0.15, 0.2) is 24.3 Å². The van der Waals surface area contributed by atoms with Gasteiger partial charge in [-0.05, 0) is 11.1 Å². The van der Waals surface area contributed by atoms with Gasteiger partial charge in [-0.3, -0.25) is 0 Å². The predicted octanol–water partition coefficient (Wildman–Crippen LogP) is 0.863. The highest BCUT2D eigenvalue weighted by atomic mass is 32.2. The molecule has 7 heteroatoms. The highest BCUT2D eigenvalue weighted by Crippen LogP contribution is 2.08. The molecule has 17 heavy (non-hydrogen) atoms. The number of hydrogen-bond acceptors (Lipinski definition) is 3. The number of aliphatic hydroxyl groups is 1. The molecule has 2 N–H and O–H groups in total. The molecular weight excluding hydrogens is 252 g/mol. The Hall–Kier alpha value is -1.05. The highest BCUT2D eigenvalue weighted by molar-refractivity contribution is 7.88. The summed E-state index contributed by atoms with van der Waals surface area (Å²) in [6, 6.07) is 6.31. The Morgan fingerprint density at radius 2 is 1.94 bits per heavy atom. The monoisotopic (exact) mass is 265 g/mol. The number of hydrogen-bond donors (Lipinski definition) is 2. The predicted molar refractivity (Wildman–Crippen MR) is 59.0 cm³/mol. The van der Waals surface area contributed by atoms with Crippen molar-refractivity contribution in [3.8, 4) is 0 Å². The average molecular weight is 265 g/mol. The van der Waals surface area contributed by atoms with E-state index in [9.17, 15) is 17.2 Å². The molecule has 0 radical (unpaired) electrons. The van der Waals surface area contributed by atoms with E-state index in [-0.39, 0.29) is 12.4 Å². The Balaban J connectivity index is 2.69. The molecular formula is C10H13F2NO3S. The molecule has 0 saturated carbocycles. The molecule has 0 unspecified atom stereocenters. The molecule has 1 aromatic carbocycles. The fourth-order valence-corrected chi connectivity index (χ4v) is 2.38. The van der Waals surface area contributed by atoms with Crippen LogP contribution in [0.1, 0.15) is 11.1 Å². The van der Waals surface area contributed by atoms with Gasteiger partial charge in [0.2, 0.25) is 10.0 Å². The number of sulfonamides is 1. The van der Waals surface area contributed by atoms with Crippen LogP contribution in [-0.4, -0.2) is 26.5 Å². The van der Waals surface area contributed by atoms with Gasteiger partial charge in [-0.15, -0.1) is 0 Å². The van der Waals surface area contributed by atoms with Crippen molar-refractivity contribution in [1.29, 1.82) is 0 Å². The van der Waals surface area contributed by atoms with Crippen LogP contribution >= 0.6 is 0 Å². The fourth-order valence-electron chi connectivity index (χ4n) is 1.28. The van der Waals surface area contributed by atoms with E-state index in [1.54, 1.807) is 22.9 Å². The first-order chi connectivity index (χ1) is 7.93. The van der Waals surface area contributed by atoms with Gasteiger partial charge < -0.3 is 5.11 Å². The maximum Gasteiger partial charge on any atom is 0.251 e. The molecule has 0 atom stereocenters. The van der Waals surface area contributed by atoms with Gasteiger partial charge in [0.1, 0.15) is 0 Å². The van der Waals surface area contributed by atoms with Crippen molar-refractivity contribution < 1.29 is 22.3 Å². The van der Waals surface area contributed by atoms with Crippen LogP contribution in [0.25, 0.3) is 0 Å². The van der Waals surface area contributed by atoms with Gasteiger partial charge >= 0.3 is 0 Å². The van der Waals surface area contributed by atoms with E-state index in [0.717, 1.165) is 0 Å². The van der Waals surface area contributed by atoms with Crippen LogP contribution < -0.4 is 4.72 Å². The molecule has 0 fully saturated rings. The van der Waals surface area contributed by atoms with E-state index in [1.165, 1.54) is 6.07 Å². The van der Waals surface area contributed by atoms with Crippen molar-refractivity contribution in [2.75, 3.05) is 6.54 Å². The second-order valence-corrected chi connectivity index (χ2v) is 5.28. The molecule has 1 aromatic rings. The van der Waals surface area contributed by atoms with Crippen molar-refractivity contribution >= 4 is 10.0 Å². The smallest absolute Gasteiger partial charge is 0.251 e. The van der Waals surface area contributed by atoms with Gasteiger partial charge in [-0.2, -0.15) is 0 Å². The number of nitrogens with one attached hydrogen (secondary N) is 1. The summed E-state index contributed by atoms with van der Waals surface area (Å²) in [7, 11) is -3.77. The second kappa shape index (κ2) is 6.04. The normalized spacial score (nSPS) is 12.0. The largest absolute Gasteiger partial charge is 0.392 e. The van der Waals surface area contributed by atoms with Crippen LogP contribution in [0.4, 0.5) is 8.78 Å². The van der Waals surface area contributed by atoms with E-state index in [2.05, 4.69) is 0 Å². The van der Waals surface area contributed by atoms with E-state index < -0.39 is 23.0 Å². The lowest BCUT2D eigenvalue weighted by atomic mass is 10.1. The molecule has 96 valence electrons. The molecule has 0 amide bonds. The van der Waals surface area contributed by atoms with Crippen molar-refractivity contribution in [3.05, 3.63) is 35.4 Å². The molecule has 4 nitrogen and oxygen atoms in total. The van der Waals surface area contributed by atoms with Crippen LogP contribution in [-0.2, 0) is 22.4 Å². The fraction of sp³-hybridized carbons (Fsp3) is 0.400. The Bertz CT molecular complexity index is 462. The van der Waals surface area contributed by atoms with Crippen LogP contribution in [0.5, 0.6) is 0 Å².